The highest BCUT2D eigenvalue weighted by molar-refractivity contribution is 5.90. The number of likely N-dealkylation sites (N-methyl/N-ethyl adjacent to an activating group) is 1. The third kappa shape index (κ3) is 3.01. The van der Waals surface area contributed by atoms with Crippen molar-refractivity contribution in [3.05, 3.63) is 24.0 Å². The van der Waals surface area contributed by atoms with Gasteiger partial charge in [-0.05, 0) is 24.6 Å². The van der Waals surface area contributed by atoms with E-state index in [4.69, 9.17) is 4.74 Å². The fraction of sp³-hybridized carbons (Fsp3) is 0.500. The van der Waals surface area contributed by atoms with Crippen molar-refractivity contribution in [1.82, 2.24) is 4.90 Å². The van der Waals surface area contributed by atoms with E-state index in [0.29, 0.717) is 30.9 Å². The maximum absolute atomic E-state index is 14.4. The van der Waals surface area contributed by atoms with Gasteiger partial charge in [-0.1, -0.05) is 0 Å². The minimum atomic E-state index is -0.688. The standard InChI is InChI=1S/C16H20FN3O4/c1-10(21)18(2)15-9-20(16(23)24-15)11-3-4-14(13(17)7-11)19-6-5-12(22)8-19/h3-4,7,12,15,22H,5-6,8-9H2,1-2H3. The molecule has 1 N–H and O–H groups in total. The third-order valence-corrected chi connectivity index (χ3v) is 4.47. The van der Waals surface area contributed by atoms with Crippen LogP contribution >= 0.6 is 0 Å². The summed E-state index contributed by atoms with van der Waals surface area (Å²) in [6, 6.07) is 4.51. The zero-order chi connectivity index (χ0) is 17.4. The second-order valence-electron chi connectivity index (χ2n) is 6.10. The molecule has 2 heterocycles. The molecule has 0 aromatic heterocycles. The van der Waals surface area contributed by atoms with Gasteiger partial charge in [-0.2, -0.15) is 0 Å². The summed E-state index contributed by atoms with van der Waals surface area (Å²) in [6.45, 7) is 2.52. The largest absolute Gasteiger partial charge is 0.423 e. The summed E-state index contributed by atoms with van der Waals surface area (Å²) < 4.78 is 19.6. The number of nitrogens with zero attached hydrogens (tertiary/aromatic N) is 3. The van der Waals surface area contributed by atoms with Crippen molar-refractivity contribution in [2.24, 2.45) is 0 Å². The van der Waals surface area contributed by atoms with Gasteiger partial charge < -0.3 is 19.6 Å². The van der Waals surface area contributed by atoms with E-state index in [1.54, 1.807) is 24.1 Å². The topological polar surface area (TPSA) is 73.3 Å². The van der Waals surface area contributed by atoms with Gasteiger partial charge in [-0.25, -0.2) is 9.18 Å². The molecule has 1 aromatic rings. The van der Waals surface area contributed by atoms with Crippen LogP contribution in [-0.4, -0.2) is 61.0 Å². The highest BCUT2D eigenvalue weighted by Crippen LogP contribution is 2.30. The van der Waals surface area contributed by atoms with Crippen LogP contribution in [-0.2, 0) is 9.53 Å². The molecule has 8 heteroatoms. The number of cyclic esters (lactones) is 1. The predicted octanol–water partition coefficient (Wildman–Crippen LogP) is 1.16. The lowest BCUT2D eigenvalue weighted by molar-refractivity contribution is -0.134. The maximum atomic E-state index is 14.4. The monoisotopic (exact) mass is 337 g/mol. The second kappa shape index (κ2) is 6.27. The Morgan fingerprint density at radius 1 is 1.42 bits per heavy atom. The van der Waals surface area contributed by atoms with Crippen LogP contribution in [0.25, 0.3) is 0 Å². The molecule has 0 saturated carbocycles. The predicted molar refractivity (Wildman–Crippen MR) is 85.3 cm³/mol. The highest BCUT2D eigenvalue weighted by atomic mass is 19.1. The van der Waals surface area contributed by atoms with E-state index in [1.165, 1.54) is 22.8 Å². The summed E-state index contributed by atoms with van der Waals surface area (Å²) in [7, 11) is 1.55. The summed E-state index contributed by atoms with van der Waals surface area (Å²) in [5, 5.41) is 9.57. The number of hydrogen-bond acceptors (Lipinski definition) is 5. The first-order valence-corrected chi connectivity index (χ1v) is 7.81. The smallest absolute Gasteiger partial charge is 0.416 e. The van der Waals surface area contributed by atoms with Gasteiger partial charge in [0.2, 0.25) is 5.91 Å². The van der Waals surface area contributed by atoms with E-state index in [9.17, 15) is 19.1 Å². The number of carbonyl (C=O) groups is 2. The van der Waals surface area contributed by atoms with Gasteiger partial charge in [0.25, 0.3) is 0 Å². The number of amides is 2. The Kier molecular flexibility index (Phi) is 4.31. The molecule has 7 nitrogen and oxygen atoms in total. The number of aliphatic hydroxyl groups excluding tert-OH is 1. The number of β-amino-alcohol motifs (C(OH)–C–C–N with tert-alkyl or cyclic N) is 1. The Labute approximate surface area is 139 Å². The van der Waals surface area contributed by atoms with Crippen LogP contribution in [0.1, 0.15) is 13.3 Å². The van der Waals surface area contributed by atoms with Crippen molar-refractivity contribution in [1.29, 1.82) is 0 Å². The molecule has 2 amide bonds. The Morgan fingerprint density at radius 3 is 2.75 bits per heavy atom. The lowest BCUT2D eigenvalue weighted by Gasteiger charge is -2.21. The number of ether oxygens (including phenoxy) is 1. The Hall–Kier alpha value is -2.35. The number of anilines is 2. The van der Waals surface area contributed by atoms with Crippen LogP contribution in [0.4, 0.5) is 20.6 Å². The minimum Gasteiger partial charge on any atom is -0.423 e. The quantitative estimate of drug-likeness (QED) is 0.896. The molecule has 0 spiro atoms. The molecular formula is C16H20FN3O4. The van der Waals surface area contributed by atoms with Crippen LogP contribution in [0.2, 0.25) is 0 Å². The van der Waals surface area contributed by atoms with Crippen LogP contribution in [0, 0.1) is 5.82 Å². The summed E-state index contributed by atoms with van der Waals surface area (Å²) in [4.78, 5) is 27.8. The lowest BCUT2D eigenvalue weighted by atomic mass is 10.2. The van der Waals surface area contributed by atoms with Crippen molar-refractivity contribution in [3.8, 4) is 0 Å². The van der Waals surface area contributed by atoms with Gasteiger partial charge >= 0.3 is 6.09 Å². The van der Waals surface area contributed by atoms with Gasteiger partial charge in [-0.3, -0.25) is 9.69 Å². The zero-order valence-electron chi connectivity index (χ0n) is 13.6. The van der Waals surface area contributed by atoms with Crippen molar-refractivity contribution in [2.75, 3.05) is 36.5 Å². The van der Waals surface area contributed by atoms with Crippen molar-refractivity contribution >= 4 is 23.4 Å². The molecule has 0 bridgehead atoms. The Balaban J connectivity index is 1.77. The molecule has 0 radical (unpaired) electrons. The third-order valence-electron chi connectivity index (χ3n) is 4.47. The normalized spacial score (nSPS) is 23.6. The van der Waals surface area contributed by atoms with Gasteiger partial charge in [0.15, 0.2) is 6.23 Å². The van der Waals surface area contributed by atoms with Crippen molar-refractivity contribution < 1.29 is 23.8 Å². The molecule has 130 valence electrons. The Bertz CT molecular complexity index is 669. The average molecular weight is 337 g/mol. The van der Waals surface area contributed by atoms with E-state index in [0.717, 1.165) is 0 Å². The number of aliphatic hydroxyl groups is 1. The minimum absolute atomic E-state index is 0.149. The first-order valence-electron chi connectivity index (χ1n) is 7.81. The van der Waals surface area contributed by atoms with Gasteiger partial charge in [0.1, 0.15) is 5.82 Å². The number of halogens is 1. The van der Waals surface area contributed by atoms with Gasteiger partial charge in [-0.15, -0.1) is 0 Å². The van der Waals surface area contributed by atoms with Crippen LogP contribution in [0.3, 0.4) is 0 Å². The van der Waals surface area contributed by atoms with Gasteiger partial charge in [0.05, 0.1) is 24.0 Å². The lowest BCUT2D eigenvalue weighted by Crippen LogP contribution is -2.38. The van der Waals surface area contributed by atoms with E-state index in [2.05, 4.69) is 0 Å². The average Bonchev–Trinajstić information content (AvgIpc) is 3.12. The Morgan fingerprint density at radius 2 is 2.17 bits per heavy atom. The first kappa shape index (κ1) is 16.5. The first-order chi connectivity index (χ1) is 11.4. The molecule has 24 heavy (non-hydrogen) atoms. The molecule has 2 saturated heterocycles. The SMILES string of the molecule is CC(=O)N(C)C1CN(c2ccc(N3CCC(O)C3)c(F)c2)C(=O)O1. The number of rotatable bonds is 3. The molecule has 2 aliphatic rings. The van der Waals surface area contributed by atoms with E-state index < -0.39 is 24.2 Å². The fourth-order valence-electron chi connectivity index (χ4n) is 2.94. The molecule has 2 unspecified atom stereocenters. The molecule has 2 fully saturated rings. The summed E-state index contributed by atoms with van der Waals surface area (Å²) in [5.74, 6) is -0.679. The number of carbonyl (C=O) groups excluding carboxylic acids is 2. The van der Waals surface area contributed by atoms with Crippen molar-refractivity contribution in [2.45, 2.75) is 25.7 Å². The fourth-order valence-corrected chi connectivity index (χ4v) is 2.94. The molecule has 0 aliphatic carbocycles. The van der Waals surface area contributed by atoms with E-state index in [-0.39, 0.29) is 12.5 Å². The molecule has 2 aliphatic heterocycles. The maximum Gasteiger partial charge on any atom is 0.416 e. The van der Waals surface area contributed by atoms with E-state index in [1.807, 2.05) is 0 Å². The number of hydrogen-bond donors (Lipinski definition) is 1. The molecule has 3 rings (SSSR count). The summed E-state index contributed by atoms with van der Waals surface area (Å²) in [6.07, 6.45) is -1.14. The molecule has 1 aromatic carbocycles. The van der Waals surface area contributed by atoms with Crippen LogP contribution in [0.5, 0.6) is 0 Å². The highest BCUT2D eigenvalue weighted by Gasteiger charge is 2.36. The number of benzene rings is 1. The van der Waals surface area contributed by atoms with Crippen molar-refractivity contribution in [3.63, 3.8) is 0 Å². The van der Waals surface area contributed by atoms with Gasteiger partial charge in [0, 0.05) is 27.1 Å². The molecule has 2 atom stereocenters. The van der Waals surface area contributed by atoms with Crippen LogP contribution in [0.15, 0.2) is 18.2 Å². The summed E-state index contributed by atoms with van der Waals surface area (Å²) in [5.41, 5.74) is 0.778. The summed E-state index contributed by atoms with van der Waals surface area (Å²) >= 11 is 0. The second-order valence-corrected chi connectivity index (χ2v) is 6.10. The molecular weight excluding hydrogens is 317 g/mol. The van der Waals surface area contributed by atoms with E-state index >= 15 is 0 Å². The zero-order valence-corrected chi connectivity index (χ0v) is 13.6. The van der Waals surface area contributed by atoms with Crippen LogP contribution < -0.4 is 9.80 Å².